The molecule has 0 fully saturated rings. The third-order valence-corrected chi connectivity index (χ3v) is 2.66. The molecule has 6 nitrogen and oxygen atoms in total. The molecule has 1 amide bonds. The van der Waals surface area contributed by atoms with Gasteiger partial charge in [-0.15, -0.1) is 0 Å². The summed E-state index contributed by atoms with van der Waals surface area (Å²) in [5, 5.41) is 5.70. The monoisotopic (exact) mass is 257 g/mol. The van der Waals surface area contributed by atoms with Crippen LogP contribution in [0.5, 0.6) is 0 Å². The van der Waals surface area contributed by atoms with Gasteiger partial charge in [0.05, 0.1) is 18.4 Å². The fraction of sp³-hybridized carbons (Fsp3) is 0.231. The quantitative estimate of drug-likeness (QED) is 0.865. The third kappa shape index (κ3) is 3.25. The number of carbonyl (C=O) groups excluding carboxylic acids is 1. The molecule has 1 atom stereocenters. The minimum atomic E-state index is -0.263. The lowest BCUT2D eigenvalue weighted by Gasteiger charge is -2.13. The van der Waals surface area contributed by atoms with E-state index in [9.17, 15) is 4.79 Å². The van der Waals surface area contributed by atoms with Gasteiger partial charge in [-0.3, -0.25) is 14.8 Å². The van der Waals surface area contributed by atoms with Gasteiger partial charge in [-0.05, 0) is 18.6 Å². The number of nitrogens with one attached hydrogen (secondary N) is 2. The van der Waals surface area contributed by atoms with Crippen LogP contribution >= 0.6 is 0 Å². The van der Waals surface area contributed by atoms with Gasteiger partial charge < -0.3 is 10.6 Å². The Morgan fingerprint density at radius 1 is 1.26 bits per heavy atom. The summed E-state index contributed by atoms with van der Waals surface area (Å²) in [7, 11) is 1.73. The number of pyridine rings is 1. The van der Waals surface area contributed by atoms with Gasteiger partial charge >= 0.3 is 0 Å². The Balaban J connectivity index is 2.08. The summed E-state index contributed by atoms with van der Waals surface area (Å²) in [6, 6.07) is 3.61. The number of rotatable bonds is 4. The molecule has 2 aromatic rings. The second-order valence-corrected chi connectivity index (χ2v) is 4.02. The molecule has 2 aromatic heterocycles. The molecular formula is C13H15N5O. The first kappa shape index (κ1) is 12.9. The summed E-state index contributed by atoms with van der Waals surface area (Å²) in [6.07, 6.45) is 6.41. The number of aromatic nitrogens is 3. The van der Waals surface area contributed by atoms with E-state index in [4.69, 9.17) is 0 Å². The zero-order chi connectivity index (χ0) is 13.7. The minimum absolute atomic E-state index is 0.138. The Kier molecular flexibility index (Phi) is 4.02. The molecule has 1 unspecified atom stereocenters. The largest absolute Gasteiger partial charge is 0.372 e. The van der Waals surface area contributed by atoms with Crippen molar-refractivity contribution in [2.24, 2.45) is 0 Å². The van der Waals surface area contributed by atoms with Crippen molar-refractivity contribution in [1.82, 2.24) is 20.3 Å². The van der Waals surface area contributed by atoms with Gasteiger partial charge in [0.2, 0.25) is 0 Å². The molecule has 0 aromatic carbocycles. The molecule has 6 heteroatoms. The Morgan fingerprint density at radius 2 is 2.11 bits per heavy atom. The first-order valence-electron chi connectivity index (χ1n) is 5.91. The van der Waals surface area contributed by atoms with E-state index in [1.54, 1.807) is 25.6 Å². The highest BCUT2D eigenvalue weighted by molar-refractivity contribution is 5.92. The van der Waals surface area contributed by atoms with E-state index < -0.39 is 0 Å². The van der Waals surface area contributed by atoms with Crippen LogP contribution in [0.4, 0.5) is 5.82 Å². The van der Waals surface area contributed by atoms with Crippen LogP contribution < -0.4 is 10.6 Å². The second-order valence-electron chi connectivity index (χ2n) is 4.02. The molecule has 0 radical (unpaired) electrons. The molecule has 0 aliphatic carbocycles. The first-order chi connectivity index (χ1) is 9.20. The molecule has 0 aliphatic heterocycles. The summed E-state index contributed by atoms with van der Waals surface area (Å²) >= 11 is 0. The van der Waals surface area contributed by atoms with E-state index >= 15 is 0 Å². The summed E-state index contributed by atoms with van der Waals surface area (Å²) in [6.45, 7) is 1.89. The van der Waals surface area contributed by atoms with Gasteiger partial charge in [0.1, 0.15) is 11.5 Å². The predicted molar refractivity (Wildman–Crippen MR) is 71.7 cm³/mol. The highest BCUT2D eigenvalue weighted by Crippen LogP contribution is 2.11. The van der Waals surface area contributed by atoms with Gasteiger partial charge in [-0.25, -0.2) is 4.98 Å². The lowest BCUT2D eigenvalue weighted by Crippen LogP contribution is -2.27. The number of nitrogens with zero attached hydrogens (tertiary/aromatic N) is 3. The van der Waals surface area contributed by atoms with Crippen LogP contribution in [-0.4, -0.2) is 27.9 Å². The van der Waals surface area contributed by atoms with Crippen molar-refractivity contribution in [3.8, 4) is 0 Å². The zero-order valence-electron chi connectivity index (χ0n) is 10.8. The molecule has 2 rings (SSSR count). The lowest BCUT2D eigenvalue weighted by molar-refractivity contribution is 0.0934. The highest BCUT2D eigenvalue weighted by atomic mass is 16.1. The van der Waals surface area contributed by atoms with E-state index in [1.807, 2.05) is 19.1 Å². The van der Waals surface area contributed by atoms with Crippen LogP contribution in [0.15, 0.2) is 36.9 Å². The average Bonchev–Trinajstić information content (AvgIpc) is 2.48. The number of hydrogen-bond donors (Lipinski definition) is 2. The van der Waals surface area contributed by atoms with Crippen LogP contribution in [-0.2, 0) is 0 Å². The normalized spacial score (nSPS) is 11.7. The Morgan fingerprint density at radius 3 is 2.79 bits per heavy atom. The minimum Gasteiger partial charge on any atom is -0.372 e. The highest BCUT2D eigenvalue weighted by Gasteiger charge is 2.13. The molecule has 2 heterocycles. The van der Waals surface area contributed by atoms with Crippen molar-refractivity contribution in [3.63, 3.8) is 0 Å². The van der Waals surface area contributed by atoms with Crippen LogP contribution in [0.2, 0.25) is 0 Å². The summed E-state index contributed by atoms with van der Waals surface area (Å²) in [5.41, 5.74) is 1.22. The van der Waals surface area contributed by atoms with Gasteiger partial charge in [-0.1, -0.05) is 6.07 Å². The van der Waals surface area contributed by atoms with Crippen molar-refractivity contribution in [3.05, 3.63) is 48.2 Å². The van der Waals surface area contributed by atoms with Gasteiger partial charge in [0.25, 0.3) is 5.91 Å². The molecule has 0 saturated carbocycles. The molecule has 2 N–H and O–H groups in total. The fourth-order valence-corrected chi connectivity index (χ4v) is 1.58. The molecule has 98 valence electrons. The van der Waals surface area contributed by atoms with Gasteiger partial charge in [-0.2, -0.15) is 0 Å². The number of amides is 1. The van der Waals surface area contributed by atoms with Crippen molar-refractivity contribution in [2.45, 2.75) is 13.0 Å². The van der Waals surface area contributed by atoms with E-state index in [1.165, 1.54) is 6.20 Å². The molecule has 0 saturated heterocycles. The summed E-state index contributed by atoms with van der Waals surface area (Å²) in [5.74, 6) is 0.294. The fourth-order valence-electron chi connectivity index (χ4n) is 1.58. The summed E-state index contributed by atoms with van der Waals surface area (Å²) in [4.78, 5) is 24.2. The van der Waals surface area contributed by atoms with E-state index in [-0.39, 0.29) is 17.6 Å². The topological polar surface area (TPSA) is 79.8 Å². The SMILES string of the molecule is CNc1cncc(C(=O)NC(C)c2cccnc2)n1. The standard InChI is InChI=1S/C13H15N5O/c1-9(10-4-3-5-15-6-10)17-13(19)11-7-16-8-12(14-2)18-11/h3-9H,1-2H3,(H,14,18)(H,17,19). The van der Waals surface area contributed by atoms with E-state index in [0.29, 0.717) is 5.82 Å². The number of carbonyl (C=O) groups is 1. The van der Waals surface area contributed by atoms with Crippen molar-refractivity contribution < 1.29 is 4.79 Å². The smallest absolute Gasteiger partial charge is 0.272 e. The van der Waals surface area contributed by atoms with Crippen molar-refractivity contribution in [1.29, 1.82) is 0 Å². The van der Waals surface area contributed by atoms with Crippen molar-refractivity contribution in [2.75, 3.05) is 12.4 Å². The average molecular weight is 257 g/mol. The zero-order valence-corrected chi connectivity index (χ0v) is 10.8. The lowest BCUT2D eigenvalue weighted by atomic mass is 10.1. The van der Waals surface area contributed by atoms with E-state index in [2.05, 4.69) is 25.6 Å². The second kappa shape index (κ2) is 5.90. The maximum Gasteiger partial charge on any atom is 0.272 e. The van der Waals surface area contributed by atoms with Crippen LogP contribution in [0, 0.1) is 0 Å². The van der Waals surface area contributed by atoms with Crippen LogP contribution in [0.25, 0.3) is 0 Å². The Labute approximate surface area is 111 Å². The number of hydrogen-bond acceptors (Lipinski definition) is 5. The van der Waals surface area contributed by atoms with Crippen molar-refractivity contribution >= 4 is 11.7 Å². The molecule has 0 spiro atoms. The van der Waals surface area contributed by atoms with Crippen LogP contribution in [0.3, 0.4) is 0 Å². The maximum atomic E-state index is 12.0. The molecular weight excluding hydrogens is 242 g/mol. The molecule has 0 aliphatic rings. The maximum absolute atomic E-state index is 12.0. The molecule has 19 heavy (non-hydrogen) atoms. The Hall–Kier alpha value is -2.50. The van der Waals surface area contributed by atoms with Gasteiger partial charge in [0.15, 0.2) is 0 Å². The molecule has 0 bridgehead atoms. The third-order valence-electron chi connectivity index (χ3n) is 2.66. The van der Waals surface area contributed by atoms with Gasteiger partial charge in [0, 0.05) is 19.4 Å². The number of anilines is 1. The first-order valence-corrected chi connectivity index (χ1v) is 5.91. The van der Waals surface area contributed by atoms with E-state index in [0.717, 1.165) is 5.56 Å². The predicted octanol–water partition coefficient (Wildman–Crippen LogP) is 1.40. The van der Waals surface area contributed by atoms with Crippen LogP contribution in [0.1, 0.15) is 29.0 Å². The Bertz CT molecular complexity index is 558. The summed E-state index contributed by atoms with van der Waals surface area (Å²) < 4.78 is 0.